The predicted molar refractivity (Wildman–Crippen MR) is 107 cm³/mol. The van der Waals surface area contributed by atoms with Gasteiger partial charge in [-0.15, -0.1) is 0 Å². The van der Waals surface area contributed by atoms with E-state index in [0.29, 0.717) is 6.04 Å². The van der Waals surface area contributed by atoms with Gasteiger partial charge in [0.15, 0.2) is 0 Å². The molecule has 0 fully saturated rings. The third kappa shape index (κ3) is 3.15. The second-order valence-electron chi connectivity index (χ2n) is 7.03. The van der Waals surface area contributed by atoms with Crippen LogP contribution in [0.15, 0.2) is 60.7 Å². The Morgan fingerprint density at radius 1 is 1.04 bits per heavy atom. The number of aryl methyl sites for hydroxylation is 1. The number of hydrogen-bond acceptors (Lipinski definition) is 4. The molecule has 4 nitrogen and oxygen atoms in total. The average Bonchev–Trinajstić information content (AvgIpc) is 2.97. The van der Waals surface area contributed by atoms with E-state index in [0.717, 1.165) is 30.4 Å². The largest absolute Gasteiger partial charge is 0.355 e. The molecular weight excluding hydrogens is 320 g/mol. The zero-order chi connectivity index (χ0) is 18.1. The fraction of sp³-hybridized carbons (Fsp3) is 0.273. The van der Waals surface area contributed by atoms with Crippen molar-refractivity contribution in [3.05, 3.63) is 77.6 Å². The summed E-state index contributed by atoms with van der Waals surface area (Å²) in [6.45, 7) is 5.05. The number of fused-ring (bicyclic) bond motifs is 1. The van der Waals surface area contributed by atoms with Crippen molar-refractivity contribution in [2.24, 2.45) is 0 Å². The van der Waals surface area contributed by atoms with E-state index in [1.165, 1.54) is 16.8 Å². The summed E-state index contributed by atoms with van der Waals surface area (Å²) in [5, 5.41) is 0. The van der Waals surface area contributed by atoms with Crippen molar-refractivity contribution in [2.45, 2.75) is 32.9 Å². The minimum atomic E-state index is 0.397. The van der Waals surface area contributed by atoms with E-state index < -0.39 is 0 Å². The van der Waals surface area contributed by atoms with Gasteiger partial charge in [-0.25, -0.2) is 9.97 Å². The molecule has 4 rings (SSSR count). The van der Waals surface area contributed by atoms with Crippen LogP contribution in [0.25, 0.3) is 0 Å². The quantitative estimate of drug-likeness (QED) is 0.697. The summed E-state index contributed by atoms with van der Waals surface area (Å²) in [5.41, 5.74) is 3.91. The number of aromatic nitrogens is 2. The molecule has 1 unspecified atom stereocenters. The minimum Gasteiger partial charge on any atom is -0.355 e. The second kappa shape index (κ2) is 6.79. The van der Waals surface area contributed by atoms with Gasteiger partial charge in [0.25, 0.3) is 0 Å². The molecule has 0 radical (unpaired) electrons. The molecular formula is C22H24N4. The van der Waals surface area contributed by atoms with Crippen molar-refractivity contribution in [3.63, 3.8) is 0 Å². The summed E-state index contributed by atoms with van der Waals surface area (Å²) < 4.78 is 0. The van der Waals surface area contributed by atoms with Crippen LogP contribution in [0.5, 0.6) is 0 Å². The Bertz CT molecular complexity index is 907. The highest BCUT2D eigenvalue weighted by atomic mass is 15.3. The molecule has 0 saturated carbocycles. The molecule has 1 aliphatic rings. The highest BCUT2D eigenvalue weighted by molar-refractivity contribution is 5.70. The standard InChI is InChI=1S/C22H24N4/c1-16-13-19-11-7-8-12-20(19)26(16)22-14-21(23-17(2)24-22)25(3)15-18-9-5-4-6-10-18/h4-12,14,16H,13,15H2,1-3H3. The summed E-state index contributed by atoms with van der Waals surface area (Å²) in [7, 11) is 2.08. The highest BCUT2D eigenvalue weighted by Crippen LogP contribution is 2.38. The van der Waals surface area contributed by atoms with Gasteiger partial charge in [-0.05, 0) is 37.5 Å². The molecule has 1 aromatic heterocycles. The first-order chi connectivity index (χ1) is 12.6. The molecule has 1 aliphatic heterocycles. The lowest BCUT2D eigenvalue weighted by Gasteiger charge is -2.26. The predicted octanol–water partition coefficient (Wildman–Crippen LogP) is 4.50. The molecule has 4 heteroatoms. The van der Waals surface area contributed by atoms with Crippen molar-refractivity contribution < 1.29 is 0 Å². The van der Waals surface area contributed by atoms with E-state index in [-0.39, 0.29) is 0 Å². The minimum absolute atomic E-state index is 0.397. The number of hydrogen-bond donors (Lipinski definition) is 0. The van der Waals surface area contributed by atoms with Gasteiger partial charge >= 0.3 is 0 Å². The van der Waals surface area contributed by atoms with Crippen molar-refractivity contribution in [2.75, 3.05) is 16.8 Å². The van der Waals surface area contributed by atoms with Crippen LogP contribution in [0.4, 0.5) is 17.3 Å². The number of nitrogens with zero attached hydrogens (tertiary/aromatic N) is 4. The van der Waals surface area contributed by atoms with Gasteiger partial charge in [0.1, 0.15) is 17.5 Å². The summed E-state index contributed by atoms with van der Waals surface area (Å²) in [5.74, 6) is 2.73. The first kappa shape index (κ1) is 16.6. The molecule has 3 aromatic rings. The first-order valence-corrected chi connectivity index (χ1v) is 9.09. The third-order valence-electron chi connectivity index (χ3n) is 4.92. The van der Waals surface area contributed by atoms with E-state index in [4.69, 9.17) is 4.98 Å². The van der Waals surface area contributed by atoms with Gasteiger partial charge in [-0.3, -0.25) is 0 Å². The zero-order valence-electron chi connectivity index (χ0n) is 15.6. The topological polar surface area (TPSA) is 32.3 Å². The molecule has 0 spiro atoms. The Hall–Kier alpha value is -2.88. The monoisotopic (exact) mass is 344 g/mol. The average molecular weight is 344 g/mol. The Morgan fingerprint density at radius 2 is 1.77 bits per heavy atom. The number of rotatable bonds is 4. The van der Waals surface area contributed by atoms with Gasteiger partial charge in [0.05, 0.1) is 0 Å². The van der Waals surface area contributed by atoms with Crippen LogP contribution in [-0.2, 0) is 13.0 Å². The summed E-state index contributed by atoms with van der Waals surface area (Å²) in [6.07, 6.45) is 1.05. The number of benzene rings is 2. The lowest BCUT2D eigenvalue weighted by molar-refractivity contribution is 0.745. The van der Waals surface area contributed by atoms with E-state index in [2.05, 4.69) is 83.4 Å². The summed E-state index contributed by atoms with van der Waals surface area (Å²) >= 11 is 0. The highest BCUT2D eigenvalue weighted by Gasteiger charge is 2.28. The zero-order valence-corrected chi connectivity index (χ0v) is 15.6. The number of anilines is 3. The smallest absolute Gasteiger partial charge is 0.139 e. The van der Waals surface area contributed by atoms with Gasteiger partial charge < -0.3 is 9.80 Å². The lowest BCUT2D eigenvalue weighted by Crippen LogP contribution is -2.26. The fourth-order valence-corrected chi connectivity index (χ4v) is 3.71. The Balaban J connectivity index is 1.67. The Morgan fingerprint density at radius 3 is 2.58 bits per heavy atom. The van der Waals surface area contributed by atoms with Crippen LogP contribution in [0.3, 0.4) is 0 Å². The van der Waals surface area contributed by atoms with Gasteiger partial charge in [-0.1, -0.05) is 48.5 Å². The second-order valence-corrected chi connectivity index (χ2v) is 7.03. The van der Waals surface area contributed by atoms with Crippen LogP contribution in [-0.4, -0.2) is 23.1 Å². The van der Waals surface area contributed by atoms with Crippen LogP contribution in [0.1, 0.15) is 23.9 Å². The molecule has 0 saturated heterocycles. The lowest BCUT2D eigenvalue weighted by atomic mass is 10.1. The molecule has 1 atom stereocenters. The van der Waals surface area contributed by atoms with Crippen molar-refractivity contribution in [1.29, 1.82) is 0 Å². The van der Waals surface area contributed by atoms with Gasteiger partial charge in [0.2, 0.25) is 0 Å². The third-order valence-corrected chi connectivity index (χ3v) is 4.92. The Kier molecular flexibility index (Phi) is 4.33. The maximum atomic E-state index is 4.74. The van der Waals surface area contributed by atoms with E-state index in [9.17, 15) is 0 Å². The normalized spacial score (nSPS) is 15.8. The molecule has 26 heavy (non-hydrogen) atoms. The molecule has 0 N–H and O–H groups in total. The van der Waals surface area contributed by atoms with Crippen molar-refractivity contribution in [3.8, 4) is 0 Å². The first-order valence-electron chi connectivity index (χ1n) is 9.09. The molecule has 2 heterocycles. The molecule has 0 aliphatic carbocycles. The van der Waals surface area contributed by atoms with Crippen molar-refractivity contribution in [1.82, 2.24) is 9.97 Å². The molecule has 0 bridgehead atoms. The van der Waals surface area contributed by atoms with E-state index >= 15 is 0 Å². The summed E-state index contributed by atoms with van der Waals surface area (Å²) in [6, 6.07) is 21.6. The van der Waals surface area contributed by atoms with Crippen LogP contribution < -0.4 is 9.80 Å². The van der Waals surface area contributed by atoms with Crippen molar-refractivity contribution >= 4 is 17.3 Å². The maximum absolute atomic E-state index is 4.74. The van der Waals surface area contributed by atoms with Crippen LogP contribution >= 0.6 is 0 Å². The summed E-state index contributed by atoms with van der Waals surface area (Å²) in [4.78, 5) is 13.9. The fourth-order valence-electron chi connectivity index (χ4n) is 3.71. The van der Waals surface area contributed by atoms with E-state index in [1.54, 1.807) is 0 Å². The molecule has 2 aromatic carbocycles. The van der Waals surface area contributed by atoms with Crippen LogP contribution in [0, 0.1) is 6.92 Å². The molecule has 132 valence electrons. The maximum Gasteiger partial charge on any atom is 0.139 e. The van der Waals surface area contributed by atoms with Gasteiger partial charge in [-0.2, -0.15) is 0 Å². The Labute approximate surface area is 155 Å². The SMILES string of the molecule is Cc1nc(N(C)Cc2ccccc2)cc(N2c3ccccc3CC2C)n1. The van der Waals surface area contributed by atoms with E-state index in [1.807, 2.05) is 13.0 Å². The number of para-hydroxylation sites is 1. The van der Waals surface area contributed by atoms with Gasteiger partial charge in [0, 0.05) is 31.4 Å². The molecule has 0 amide bonds. The van der Waals surface area contributed by atoms with Crippen LogP contribution in [0.2, 0.25) is 0 Å².